The van der Waals surface area contributed by atoms with Gasteiger partial charge in [0.15, 0.2) is 0 Å². The molecule has 1 unspecified atom stereocenters. The van der Waals surface area contributed by atoms with Crippen molar-refractivity contribution in [3.63, 3.8) is 0 Å². The third kappa shape index (κ3) is 4.90. The Morgan fingerprint density at radius 3 is 2.79 bits per heavy atom. The van der Waals surface area contributed by atoms with E-state index in [1.54, 1.807) is 0 Å². The van der Waals surface area contributed by atoms with Crippen LogP contribution >= 0.6 is 0 Å². The Morgan fingerprint density at radius 2 is 2.05 bits per heavy atom. The number of piperidine rings is 1. The number of rotatable bonds is 6. The Hall–Kier alpha value is -0.970. The minimum atomic E-state index is -0.632. The highest BCUT2D eigenvalue weighted by Crippen LogP contribution is 2.14. The molecule has 0 amide bonds. The van der Waals surface area contributed by atoms with Crippen LogP contribution in [0, 0.1) is 0 Å². The summed E-state index contributed by atoms with van der Waals surface area (Å²) in [5, 5.41) is 18.2. The average Bonchev–Trinajstić information content (AvgIpc) is 2.46. The van der Waals surface area contributed by atoms with Gasteiger partial charge in [0.05, 0.1) is 12.7 Å². The highest BCUT2D eigenvalue weighted by Gasteiger charge is 2.11. The van der Waals surface area contributed by atoms with E-state index in [-0.39, 0.29) is 6.61 Å². The number of hydrogen-bond donors (Lipinski definition) is 2. The minimum Gasteiger partial charge on any atom is -0.394 e. The molecule has 1 aliphatic rings. The van der Waals surface area contributed by atoms with Crippen molar-refractivity contribution in [2.75, 3.05) is 19.7 Å². The zero-order valence-corrected chi connectivity index (χ0v) is 11.5. The number of aliphatic hydroxyl groups excluding tert-OH is 2. The molecule has 1 aliphatic heterocycles. The van der Waals surface area contributed by atoms with Gasteiger partial charge in [-0.2, -0.15) is 0 Å². The Balaban J connectivity index is 1.87. The van der Waals surface area contributed by atoms with Gasteiger partial charge in [0.1, 0.15) is 0 Å². The smallest absolute Gasteiger partial charge is 0.0774 e. The molecule has 19 heavy (non-hydrogen) atoms. The first-order valence-corrected chi connectivity index (χ1v) is 7.23. The number of aromatic nitrogens is 1. The van der Waals surface area contributed by atoms with E-state index in [9.17, 15) is 5.11 Å². The molecule has 1 saturated heterocycles. The normalized spacial score (nSPS) is 18.4. The monoisotopic (exact) mass is 264 g/mol. The predicted molar refractivity (Wildman–Crippen MR) is 74.8 cm³/mol. The van der Waals surface area contributed by atoms with Crippen molar-refractivity contribution in [3.05, 3.63) is 29.6 Å². The van der Waals surface area contributed by atoms with E-state index in [0.29, 0.717) is 6.42 Å². The second-order valence-corrected chi connectivity index (χ2v) is 5.37. The highest BCUT2D eigenvalue weighted by molar-refractivity contribution is 5.16. The van der Waals surface area contributed by atoms with Gasteiger partial charge in [-0.3, -0.25) is 9.88 Å². The van der Waals surface area contributed by atoms with Crippen LogP contribution < -0.4 is 0 Å². The molecule has 4 heteroatoms. The van der Waals surface area contributed by atoms with Crippen LogP contribution in [0.15, 0.2) is 18.3 Å². The van der Waals surface area contributed by atoms with Crippen LogP contribution in [0.3, 0.4) is 0 Å². The van der Waals surface area contributed by atoms with Crippen molar-refractivity contribution >= 4 is 0 Å². The third-order valence-electron chi connectivity index (χ3n) is 3.68. The fourth-order valence-electron chi connectivity index (χ4n) is 2.54. The molecule has 2 N–H and O–H groups in total. The lowest BCUT2D eigenvalue weighted by atomic mass is 10.1. The second-order valence-electron chi connectivity index (χ2n) is 5.37. The number of aliphatic hydroxyl groups is 2. The summed E-state index contributed by atoms with van der Waals surface area (Å²) in [7, 11) is 0. The van der Waals surface area contributed by atoms with Crippen LogP contribution in [-0.2, 0) is 13.0 Å². The van der Waals surface area contributed by atoms with E-state index in [1.807, 2.05) is 6.20 Å². The van der Waals surface area contributed by atoms with E-state index in [2.05, 4.69) is 22.0 Å². The van der Waals surface area contributed by atoms with Crippen LogP contribution in [0.25, 0.3) is 0 Å². The van der Waals surface area contributed by atoms with Gasteiger partial charge in [-0.05, 0) is 56.5 Å². The SMILES string of the molecule is OCC(O)CCc1cc(CN2CCCCC2)ccn1. The first kappa shape index (κ1) is 14.4. The van der Waals surface area contributed by atoms with Gasteiger partial charge in [-0.15, -0.1) is 0 Å². The Bertz CT molecular complexity index is 378. The maximum absolute atomic E-state index is 9.36. The van der Waals surface area contributed by atoms with Crippen molar-refractivity contribution in [2.24, 2.45) is 0 Å². The summed E-state index contributed by atoms with van der Waals surface area (Å²) in [6, 6.07) is 4.19. The summed E-state index contributed by atoms with van der Waals surface area (Å²) in [5.74, 6) is 0. The molecule has 0 saturated carbocycles. The lowest BCUT2D eigenvalue weighted by Gasteiger charge is -2.26. The molecular weight excluding hydrogens is 240 g/mol. The molecule has 1 aromatic rings. The lowest BCUT2D eigenvalue weighted by Crippen LogP contribution is -2.29. The van der Waals surface area contributed by atoms with Gasteiger partial charge in [0, 0.05) is 18.4 Å². The molecule has 0 spiro atoms. The van der Waals surface area contributed by atoms with Gasteiger partial charge in [0.2, 0.25) is 0 Å². The molecule has 1 fully saturated rings. The zero-order valence-electron chi connectivity index (χ0n) is 11.5. The highest BCUT2D eigenvalue weighted by atomic mass is 16.3. The Labute approximate surface area is 115 Å². The Kier molecular flexibility index (Phi) is 5.76. The fraction of sp³-hybridized carbons (Fsp3) is 0.667. The first-order valence-electron chi connectivity index (χ1n) is 7.23. The summed E-state index contributed by atoms with van der Waals surface area (Å²) in [6.45, 7) is 3.22. The molecule has 0 aromatic carbocycles. The predicted octanol–water partition coefficient (Wildman–Crippen LogP) is 1.35. The molecule has 106 valence electrons. The largest absolute Gasteiger partial charge is 0.394 e. The number of nitrogens with zero attached hydrogens (tertiary/aromatic N) is 2. The number of pyridine rings is 1. The third-order valence-corrected chi connectivity index (χ3v) is 3.68. The molecule has 1 aromatic heterocycles. The average molecular weight is 264 g/mol. The Morgan fingerprint density at radius 1 is 1.26 bits per heavy atom. The summed E-state index contributed by atoms with van der Waals surface area (Å²) in [6.07, 6.45) is 6.47. The quantitative estimate of drug-likeness (QED) is 0.814. The standard InChI is InChI=1S/C15H24N2O2/c18-12-15(19)5-4-14-10-13(6-7-16-14)11-17-8-2-1-3-9-17/h6-7,10,15,18-19H,1-5,8-9,11-12H2. The van der Waals surface area contributed by atoms with Gasteiger partial charge >= 0.3 is 0 Å². The minimum absolute atomic E-state index is 0.173. The van der Waals surface area contributed by atoms with Crippen LogP contribution in [0.1, 0.15) is 36.9 Å². The van der Waals surface area contributed by atoms with Crippen LogP contribution in [0.5, 0.6) is 0 Å². The van der Waals surface area contributed by atoms with Gasteiger partial charge in [-0.1, -0.05) is 6.42 Å². The van der Waals surface area contributed by atoms with Crippen LogP contribution in [-0.4, -0.2) is 45.9 Å². The maximum Gasteiger partial charge on any atom is 0.0774 e. The number of likely N-dealkylation sites (tertiary alicyclic amines) is 1. The van der Waals surface area contributed by atoms with Gasteiger partial charge in [0.25, 0.3) is 0 Å². The molecule has 0 bridgehead atoms. The van der Waals surface area contributed by atoms with E-state index in [0.717, 1.165) is 18.7 Å². The summed E-state index contributed by atoms with van der Waals surface area (Å²) in [5.41, 5.74) is 2.30. The van der Waals surface area contributed by atoms with E-state index >= 15 is 0 Å². The van der Waals surface area contributed by atoms with E-state index in [4.69, 9.17) is 5.11 Å². The van der Waals surface area contributed by atoms with Crippen molar-refractivity contribution in [1.29, 1.82) is 0 Å². The maximum atomic E-state index is 9.36. The molecule has 1 atom stereocenters. The van der Waals surface area contributed by atoms with E-state index < -0.39 is 6.10 Å². The zero-order chi connectivity index (χ0) is 13.5. The first-order chi connectivity index (χ1) is 9.28. The van der Waals surface area contributed by atoms with Crippen LogP contribution in [0.2, 0.25) is 0 Å². The molecular formula is C15H24N2O2. The van der Waals surface area contributed by atoms with Crippen LogP contribution in [0.4, 0.5) is 0 Å². The summed E-state index contributed by atoms with van der Waals surface area (Å²) >= 11 is 0. The van der Waals surface area contributed by atoms with E-state index in [1.165, 1.54) is 37.9 Å². The molecule has 0 radical (unpaired) electrons. The topological polar surface area (TPSA) is 56.6 Å². The van der Waals surface area contributed by atoms with Gasteiger partial charge in [-0.25, -0.2) is 0 Å². The lowest BCUT2D eigenvalue weighted by molar-refractivity contribution is 0.0883. The summed E-state index contributed by atoms with van der Waals surface area (Å²) in [4.78, 5) is 6.82. The molecule has 4 nitrogen and oxygen atoms in total. The van der Waals surface area contributed by atoms with Crippen molar-refractivity contribution in [1.82, 2.24) is 9.88 Å². The van der Waals surface area contributed by atoms with Crippen molar-refractivity contribution < 1.29 is 10.2 Å². The number of hydrogen-bond acceptors (Lipinski definition) is 4. The molecule has 2 rings (SSSR count). The van der Waals surface area contributed by atoms with Gasteiger partial charge < -0.3 is 10.2 Å². The van der Waals surface area contributed by atoms with Crippen molar-refractivity contribution in [2.45, 2.75) is 44.8 Å². The molecule has 0 aliphatic carbocycles. The molecule has 2 heterocycles. The summed E-state index contributed by atoms with van der Waals surface area (Å²) < 4.78 is 0. The second kappa shape index (κ2) is 7.58. The number of aryl methyl sites for hydroxylation is 1. The van der Waals surface area contributed by atoms with Crippen molar-refractivity contribution in [3.8, 4) is 0 Å². The fourth-order valence-corrected chi connectivity index (χ4v) is 2.54.